The largest absolute Gasteiger partial charge is 0.356 e. The van der Waals surface area contributed by atoms with E-state index in [-0.39, 0.29) is 11.1 Å². The van der Waals surface area contributed by atoms with Crippen LogP contribution in [-0.4, -0.2) is 28.8 Å². The number of hydrogen-bond donors (Lipinski definition) is 0. The molecule has 2 aromatic heterocycles. The number of nitrogens with zero attached hydrogens (tertiary/aromatic N) is 3. The zero-order valence-electron chi connectivity index (χ0n) is 14.5. The third-order valence-corrected chi connectivity index (χ3v) is 5.15. The summed E-state index contributed by atoms with van der Waals surface area (Å²) in [5.74, 6) is 1.14. The Hall–Kier alpha value is -2.95. The zero-order chi connectivity index (χ0) is 17.9. The second-order valence-corrected chi connectivity index (χ2v) is 6.82. The molecule has 0 saturated carbocycles. The van der Waals surface area contributed by atoms with Gasteiger partial charge >= 0.3 is 0 Å². The molecule has 4 rings (SSSR count). The summed E-state index contributed by atoms with van der Waals surface area (Å²) in [5, 5.41) is 0. The average Bonchev–Trinajstić information content (AvgIpc) is 2.69. The fourth-order valence-electron chi connectivity index (χ4n) is 3.73. The molecule has 1 saturated heterocycles. The van der Waals surface area contributed by atoms with Crippen LogP contribution in [0.4, 0.5) is 5.82 Å². The minimum absolute atomic E-state index is 0.148. The van der Waals surface area contributed by atoms with Gasteiger partial charge in [0.05, 0.1) is 0 Å². The van der Waals surface area contributed by atoms with Crippen LogP contribution in [-0.2, 0) is 6.42 Å². The van der Waals surface area contributed by atoms with Gasteiger partial charge in [0.1, 0.15) is 17.0 Å². The van der Waals surface area contributed by atoms with Crippen LogP contribution in [0.15, 0.2) is 59.5 Å². The number of piperidine rings is 1. The van der Waals surface area contributed by atoms with Crippen LogP contribution in [0.25, 0.3) is 5.65 Å². The third-order valence-electron chi connectivity index (χ3n) is 5.15. The Labute approximate surface area is 151 Å². The summed E-state index contributed by atoms with van der Waals surface area (Å²) in [7, 11) is 0. The Morgan fingerprint density at radius 3 is 2.50 bits per heavy atom. The Balaban J connectivity index is 1.56. The van der Waals surface area contributed by atoms with Crippen molar-refractivity contribution in [3.63, 3.8) is 0 Å². The number of hydrogen-bond acceptors (Lipinski definition) is 4. The number of rotatable bonds is 4. The van der Waals surface area contributed by atoms with E-state index in [0.717, 1.165) is 32.4 Å². The topological polar surface area (TPSA) is 54.7 Å². The SMILES string of the molecule is O=Cc1c(N2CCC(Cc3ccccc3)CC2)nc2ccccn2c1=O. The molecule has 132 valence electrons. The van der Waals surface area contributed by atoms with E-state index >= 15 is 0 Å². The first-order valence-electron chi connectivity index (χ1n) is 9.01. The quantitative estimate of drug-likeness (QED) is 0.681. The van der Waals surface area contributed by atoms with Crippen LogP contribution in [0.5, 0.6) is 0 Å². The summed E-state index contributed by atoms with van der Waals surface area (Å²) in [6.45, 7) is 1.63. The summed E-state index contributed by atoms with van der Waals surface area (Å²) in [4.78, 5) is 30.8. The molecule has 0 N–H and O–H groups in total. The van der Waals surface area contributed by atoms with Gasteiger partial charge in [-0.1, -0.05) is 36.4 Å². The first-order valence-corrected chi connectivity index (χ1v) is 9.01. The Morgan fingerprint density at radius 1 is 1.04 bits per heavy atom. The molecular formula is C21H21N3O2. The molecule has 5 heteroatoms. The van der Waals surface area contributed by atoms with Crippen LogP contribution >= 0.6 is 0 Å². The number of benzene rings is 1. The van der Waals surface area contributed by atoms with Crippen LogP contribution in [0.1, 0.15) is 28.8 Å². The normalized spacial score (nSPS) is 15.3. The van der Waals surface area contributed by atoms with Gasteiger partial charge in [-0.3, -0.25) is 14.0 Å². The average molecular weight is 347 g/mol. The predicted molar refractivity (Wildman–Crippen MR) is 102 cm³/mol. The summed E-state index contributed by atoms with van der Waals surface area (Å²) >= 11 is 0. The lowest BCUT2D eigenvalue weighted by Gasteiger charge is -2.33. The fraction of sp³-hybridized carbons (Fsp3) is 0.286. The van der Waals surface area contributed by atoms with Crippen molar-refractivity contribution >= 4 is 17.8 Å². The molecule has 26 heavy (non-hydrogen) atoms. The number of aldehydes is 1. The molecule has 0 bridgehead atoms. The van der Waals surface area contributed by atoms with E-state index in [0.29, 0.717) is 23.7 Å². The van der Waals surface area contributed by atoms with E-state index in [1.165, 1.54) is 9.96 Å². The van der Waals surface area contributed by atoms with Gasteiger partial charge in [-0.2, -0.15) is 0 Å². The van der Waals surface area contributed by atoms with E-state index in [1.54, 1.807) is 18.3 Å². The Bertz CT molecular complexity index is 973. The lowest BCUT2D eigenvalue weighted by molar-refractivity contribution is 0.112. The Morgan fingerprint density at radius 2 is 1.77 bits per heavy atom. The highest BCUT2D eigenvalue weighted by Gasteiger charge is 2.24. The van der Waals surface area contributed by atoms with E-state index in [4.69, 9.17) is 0 Å². The summed E-state index contributed by atoms with van der Waals surface area (Å²) < 4.78 is 1.43. The first kappa shape index (κ1) is 16.5. The summed E-state index contributed by atoms with van der Waals surface area (Å²) in [5.41, 5.74) is 1.79. The van der Waals surface area contributed by atoms with Crippen molar-refractivity contribution in [2.24, 2.45) is 5.92 Å². The van der Waals surface area contributed by atoms with Crippen molar-refractivity contribution in [3.8, 4) is 0 Å². The van der Waals surface area contributed by atoms with Crippen molar-refractivity contribution in [3.05, 3.63) is 76.2 Å². The highest BCUT2D eigenvalue weighted by molar-refractivity contribution is 5.83. The highest BCUT2D eigenvalue weighted by Crippen LogP contribution is 2.25. The summed E-state index contributed by atoms with van der Waals surface area (Å²) in [6, 6.07) is 15.9. The van der Waals surface area contributed by atoms with Gasteiger partial charge in [0, 0.05) is 19.3 Å². The van der Waals surface area contributed by atoms with Gasteiger partial charge in [0.15, 0.2) is 6.29 Å². The van der Waals surface area contributed by atoms with Crippen molar-refractivity contribution in [2.75, 3.05) is 18.0 Å². The van der Waals surface area contributed by atoms with E-state index in [2.05, 4.69) is 34.1 Å². The number of carbonyl (C=O) groups excluding carboxylic acids is 1. The van der Waals surface area contributed by atoms with Crippen molar-refractivity contribution in [1.82, 2.24) is 9.38 Å². The van der Waals surface area contributed by atoms with E-state index in [1.807, 2.05) is 12.1 Å². The molecular weight excluding hydrogens is 326 g/mol. The van der Waals surface area contributed by atoms with Gasteiger partial charge in [0.2, 0.25) is 0 Å². The molecule has 1 fully saturated rings. The molecule has 1 aliphatic rings. The maximum atomic E-state index is 12.6. The lowest BCUT2D eigenvalue weighted by atomic mass is 9.90. The third kappa shape index (κ3) is 3.12. The van der Waals surface area contributed by atoms with Gasteiger partial charge < -0.3 is 4.90 Å². The second-order valence-electron chi connectivity index (χ2n) is 6.82. The number of carbonyl (C=O) groups is 1. The van der Waals surface area contributed by atoms with Gasteiger partial charge in [0.25, 0.3) is 5.56 Å². The maximum absolute atomic E-state index is 12.6. The number of pyridine rings is 1. The van der Waals surface area contributed by atoms with Crippen LogP contribution in [0.2, 0.25) is 0 Å². The predicted octanol–water partition coefficient (Wildman–Crippen LogP) is 2.97. The molecule has 0 spiro atoms. The van der Waals surface area contributed by atoms with Crippen molar-refractivity contribution in [2.45, 2.75) is 19.3 Å². The van der Waals surface area contributed by atoms with Gasteiger partial charge in [-0.05, 0) is 42.9 Å². The molecule has 1 aromatic carbocycles. The number of anilines is 1. The minimum atomic E-state index is -0.299. The van der Waals surface area contributed by atoms with Crippen LogP contribution in [0.3, 0.4) is 0 Å². The van der Waals surface area contributed by atoms with E-state index in [9.17, 15) is 9.59 Å². The second kappa shape index (κ2) is 7.12. The first-order chi connectivity index (χ1) is 12.8. The number of fused-ring (bicyclic) bond motifs is 1. The monoisotopic (exact) mass is 347 g/mol. The maximum Gasteiger partial charge on any atom is 0.270 e. The summed E-state index contributed by atoms with van der Waals surface area (Å²) in [6.07, 6.45) is 5.42. The lowest BCUT2D eigenvalue weighted by Crippen LogP contribution is -2.37. The standard InChI is InChI=1S/C21H21N3O2/c25-15-18-20(22-19-8-4-5-11-24(19)21(18)26)23-12-9-17(10-13-23)14-16-6-2-1-3-7-16/h1-8,11,15,17H,9-10,12-14H2. The van der Waals surface area contributed by atoms with E-state index < -0.39 is 0 Å². The molecule has 1 aliphatic heterocycles. The van der Waals surface area contributed by atoms with Gasteiger partial charge in [-0.25, -0.2) is 4.98 Å². The smallest absolute Gasteiger partial charge is 0.270 e. The van der Waals surface area contributed by atoms with Crippen molar-refractivity contribution in [1.29, 1.82) is 0 Å². The molecule has 0 amide bonds. The molecule has 0 atom stereocenters. The molecule has 0 radical (unpaired) electrons. The minimum Gasteiger partial charge on any atom is -0.356 e. The molecule has 0 aliphatic carbocycles. The zero-order valence-corrected chi connectivity index (χ0v) is 14.5. The molecule has 3 heterocycles. The highest BCUT2D eigenvalue weighted by atomic mass is 16.1. The fourth-order valence-corrected chi connectivity index (χ4v) is 3.73. The van der Waals surface area contributed by atoms with Crippen LogP contribution < -0.4 is 10.5 Å². The Kier molecular flexibility index (Phi) is 4.52. The molecule has 0 unspecified atom stereocenters. The van der Waals surface area contributed by atoms with Crippen LogP contribution in [0, 0.1) is 5.92 Å². The van der Waals surface area contributed by atoms with Crippen molar-refractivity contribution < 1.29 is 4.79 Å². The number of aromatic nitrogens is 2. The molecule has 3 aromatic rings. The molecule has 5 nitrogen and oxygen atoms in total. The van der Waals surface area contributed by atoms with Gasteiger partial charge in [-0.15, -0.1) is 0 Å².